The molecule has 0 radical (unpaired) electrons. The van der Waals surface area contributed by atoms with Crippen molar-refractivity contribution in [2.24, 2.45) is 7.05 Å². The largest absolute Gasteiger partial charge is 0.348 e. The highest BCUT2D eigenvalue weighted by molar-refractivity contribution is 5.30. The van der Waals surface area contributed by atoms with E-state index < -0.39 is 0 Å². The van der Waals surface area contributed by atoms with Crippen LogP contribution in [0.2, 0.25) is 0 Å². The molecule has 0 aromatic carbocycles. The Hall–Kier alpha value is -1.07. The van der Waals surface area contributed by atoms with Crippen LogP contribution in [0.1, 0.15) is 31.4 Å². The maximum atomic E-state index is 4.46. The highest BCUT2D eigenvalue weighted by Gasteiger charge is 2.35. The Labute approximate surface area is 123 Å². The Kier molecular flexibility index (Phi) is 4.70. The Bertz CT molecular complexity index is 429. The van der Waals surface area contributed by atoms with Crippen molar-refractivity contribution >= 4 is 5.95 Å². The van der Waals surface area contributed by atoms with Gasteiger partial charge in [0.2, 0.25) is 5.95 Å². The first-order valence-electron chi connectivity index (χ1n) is 7.52. The van der Waals surface area contributed by atoms with Crippen LogP contribution in [0.3, 0.4) is 0 Å². The predicted octanol–water partition coefficient (Wildman–Crippen LogP) is 1.45. The average Bonchev–Trinajstić information content (AvgIpc) is 2.98. The van der Waals surface area contributed by atoms with Gasteiger partial charge in [0.1, 0.15) is 0 Å². The van der Waals surface area contributed by atoms with Crippen molar-refractivity contribution in [2.75, 3.05) is 39.6 Å². The van der Waals surface area contributed by atoms with Gasteiger partial charge in [0.05, 0.1) is 11.9 Å². The molecule has 0 unspecified atom stereocenters. The van der Waals surface area contributed by atoms with Crippen LogP contribution < -0.4 is 10.2 Å². The normalized spacial score (nSPS) is 17.9. The summed E-state index contributed by atoms with van der Waals surface area (Å²) in [6, 6.07) is 0. The van der Waals surface area contributed by atoms with Gasteiger partial charge in [0, 0.05) is 39.8 Å². The highest BCUT2D eigenvalue weighted by Crippen LogP contribution is 2.33. The molecule has 1 aliphatic rings. The molecule has 1 saturated carbocycles. The first kappa shape index (κ1) is 15.3. The maximum Gasteiger partial charge on any atom is 0.204 e. The number of anilines is 1. The summed E-state index contributed by atoms with van der Waals surface area (Å²) in [5.41, 5.74) is 1.59. The van der Waals surface area contributed by atoms with Crippen molar-refractivity contribution < 1.29 is 0 Å². The third kappa shape index (κ3) is 2.99. The van der Waals surface area contributed by atoms with Crippen LogP contribution in [0.25, 0.3) is 0 Å². The van der Waals surface area contributed by atoms with Gasteiger partial charge in [-0.3, -0.25) is 0 Å². The molecular weight excluding hydrogens is 250 g/mol. The molecule has 0 saturated heterocycles. The van der Waals surface area contributed by atoms with E-state index in [9.17, 15) is 0 Å². The molecule has 20 heavy (non-hydrogen) atoms. The number of imidazole rings is 1. The van der Waals surface area contributed by atoms with E-state index in [1.165, 1.54) is 31.4 Å². The zero-order valence-corrected chi connectivity index (χ0v) is 13.6. The summed E-state index contributed by atoms with van der Waals surface area (Å²) in [7, 11) is 10.6. The van der Waals surface area contributed by atoms with Gasteiger partial charge in [-0.1, -0.05) is 12.8 Å². The van der Waals surface area contributed by atoms with Crippen LogP contribution in [0.5, 0.6) is 0 Å². The van der Waals surface area contributed by atoms with E-state index in [2.05, 4.69) is 40.9 Å². The number of nitrogens with zero attached hydrogens (tertiary/aromatic N) is 4. The van der Waals surface area contributed by atoms with Crippen molar-refractivity contribution in [3.05, 3.63) is 11.9 Å². The quantitative estimate of drug-likeness (QED) is 0.855. The zero-order valence-electron chi connectivity index (χ0n) is 13.6. The van der Waals surface area contributed by atoms with E-state index in [1.54, 1.807) is 0 Å². The summed E-state index contributed by atoms with van der Waals surface area (Å²) in [6.07, 6.45) is 7.30. The van der Waals surface area contributed by atoms with Gasteiger partial charge in [0.25, 0.3) is 0 Å². The molecule has 0 aliphatic heterocycles. The van der Waals surface area contributed by atoms with Crippen molar-refractivity contribution in [2.45, 2.75) is 37.8 Å². The van der Waals surface area contributed by atoms with Gasteiger partial charge in [-0.25, -0.2) is 4.98 Å². The Morgan fingerprint density at radius 3 is 2.40 bits per heavy atom. The van der Waals surface area contributed by atoms with E-state index in [4.69, 9.17) is 0 Å². The van der Waals surface area contributed by atoms with Gasteiger partial charge in [-0.2, -0.15) is 0 Å². The van der Waals surface area contributed by atoms with Crippen LogP contribution in [0.15, 0.2) is 6.20 Å². The molecule has 0 amide bonds. The number of rotatable bonds is 6. The molecule has 1 aliphatic carbocycles. The van der Waals surface area contributed by atoms with Crippen LogP contribution in [0.4, 0.5) is 5.95 Å². The van der Waals surface area contributed by atoms with Crippen LogP contribution >= 0.6 is 0 Å². The molecule has 5 heteroatoms. The molecule has 0 spiro atoms. The van der Waals surface area contributed by atoms with Crippen LogP contribution in [-0.4, -0.2) is 54.7 Å². The van der Waals surface area contributed by atoms with E-state index in [0.29, 0.717) is 5.54 Å². The number of hydrogen-bond acceptors (Lipinski definition) is 4. The van der Waals surface area contributed by atoms with Crippen molar-refractivity contribution in [1.29, 1.82) is 0 Å². The molecule has 1 heterocycles. The minimum absolute atomic E-state index is 0.350. The van der Waals surface area contributed by atoms with Gasteiger partial charge < -0.3 is 19.7 Å². The average molecular weight is 279 g/mol. The Balaban J connectivity index is 1.92. The standard InChI is InChI=1S/C15H29N5/c1-18(2)14-17-11-13(20(14)5)10-16-12-15(19(3)4)8-6-7-9-15/h11,16H,6-10,12H2,1-5H3. The van der Waals surface area contributed by atoms with Gasteiger partial charge in [-0.05, 0) is 26.9 Å². The second-order valence-electron chi connectivity index (χ2n) is 6.43. The number of nitrogens with one attached hydrogen (secondary N) is 1. The fourth-order valence-corrected chi connectivity index (χ4v) is 3.25. The lowest BCUT2D eigenvalue weighted by Gasteiger charge is -2.36. The summed E-state index contributed by atoms with van der Waals surface area (Å²) < 4.78 is 2.16. The van der Waals surface area contributed by atoms with Crippen molar-refractivity contribution in [3.8, 4) is 0 Å². The van der Waals surface area contributed by atoms with Crippen molar-refractivity contribution in [3.63, 3.8) is 0 Å². The fraction of sp³-hybridized carbons (Fsp3) is 0.800. The molecule has 1 N–H and O–H groups in total. The summed E-state index contributed by atoms with van der Waals surface area (Å²) >= 11 is 0. The molecule has 2 rings (SSSR count). The molecule has 1 aromatic heterocycles. The lowest BCUT2D eigenvalue weighted by molar-refractivity contribution is 0.153. The molecule has 1 fully saturated rings. The van der Waals surface area contributed by atoms with E-state index in [1.807, 2.05) is 25.2 Å². The molecule has 0 bridgehead atoms. The summed E-state index contributed by atoms with van der Waals surface area (Å²) in [6.45, 7) is 1.94. The van der Waals surface area contributed by atoms with E-state index in [0.717, 1.165) is 19.0 Å². The van der Waals surface area contributed by atoms with Crippen LogP contribution in [-0.2, 0) is 13.6 Å². The predicted molar refractivity (Wildman–Crippen MR) is 84.1 cm³/mol. The number of likely N-dealkylation sites (N-methyl/N-ethyl adjacent to an activating group) is 1. The zero-order chi connectivity index (χ0) is 14.8. The van der Waals surface area contributed by atoms with Gasteiger partial charge in [0.15, 0.2) is 0 Å². The maximum absolute atomic E-state index is 4.46. The van der Waals surface area contributed by atoms with Crippen molar-refractivity contribution in [1.82, 2.24) is 19.8 Å². The topological polar surface area (TPSA) is 36.3 Å². The van der Waals surface area contributed by atoms with E-state index >= 15 is 0 Å². The molecule has 5 nitrogen and oxygen atoms in total. The lowest BCUT2D eigenvalue weighted by atomic mass is 9.96. The van der Waals surface area contributed by atoms with Gasteiger partial charge in [-0.15, -0.1) is 0 Å². The third-order valence-electron chi connectivity index (χ3n) is 4.70. The minimum Gasteiger partial charge on any atom is -0.348 e. The molecule has 114 valence electrons. The fourth-order valence-electron chi connectivity index (χ4n) is 3.25. The van der Waals surface area contributed by atoms with Crippen LogP contribution in [0, 0.1) is 0 Å². The molecular formula is C15H29N5. The van der Waals surface area contributed by atoms with Gasteiger partial charge >= 0.3 is 0 Å². The molecule has 1 aromatic rings. The number of aromatic nitrogens is 2. The summed E-state index contributed by atoms with van der Waals surface area (Å²) in [5, 5.41) is 3.64. The number of hydrogen-bond donors (Lipinski definition) is 1. The minimum atomic E-state index is 0.350. The first-order valence-corrected chi connectivity index (χ1v) is 7.52. The summed E-state index contributed by atoms with van der Waals surface area (Å²) in [5.74, 6) is 1.00. The second kappa shape index (κ2) is 6.14. The molecule has 0 atom stereocenters. The highest BCUT2D eigenvalue weighted by atomic mass is 15.3. The SMILES string of the molecule is CN(C)c1ncc(CNCC2(N(C)C)CCCC2)n1C. The Morgan fingerprint density at radius 2 is 1.90 bits per heavy atom. The van der Waals surface area contributed by atoms with E-state index in [-0.39, 0.29) is 0 Å². The summed E-state index contributed by atoms with van der Waals surface area (Å²) in [4.78, 5) is 8.90. The third-order valence-corrected chi connectivity index (χ3v) is 4.70. The first-order chi connectivity index (χ1) is 9.46. The lowest BCUT2D eigenvalue weighted by Crippen LogP contribution is -2.49. The second-order valence-corrected chi connectivity index (χ2v) is 6.43. The smallest absolute Gasteiger partial charge is 0.204 e. The Morgan fingerprint density at radius 1 is 1.25 bits per heavy atom. The monoisotopic (exact) mass is 279 g/mol.